The summed E-state index contributed by atoms with van der Waals surface area (Å²) in [7, 11) is 3.29. The van der Waals surface area contributed by atoms with Crippen molar-refractivity contribution in [1.82, 2.24) is 15.5 Å². The van der Waals surface area contributed by atoms with E-state index in [1.54, 1.807) is 14.2 Å². The Labute approximate surface area is 196 Å². The molecule has 2 aromatic rings. The zero-order valence-corrected chi connectivity index (χ0v) is 19.8. The maximum atomic E-state index is 12.6. The molecule has 7 nitrogen and oxygen atoms in total. The van der Waals surface area contributed by atoms with E-state index >= 15 is 0 Å². The molecule has 33 heavy (non-hydrogen) atoms. The second-order valence-electron chi connectivity index (χ2n) is 8.60. The van der Waals surface area contributed by atoms with Crippen LogP contribution in [0.2, 0.25) is 0 Å². The molecule has 1 heterocycles. The van der Waals surface area contributed by atoms with E-state index in [1.165, 1.54) is 12.5 Å². The number of rotatable bonds is 10. The highest BCUT2D eigenvalue weighted by Crippen LogP contribution is 2.22. The molecule has 1 saturated heterocycles. The van der Waals surface area contributed by atoms with E-state index in [0.717, 1.165) is 49.5 Å². The van der Waals surface area contributed by atoms with Gasteiger partial charge in [0.15, 0.2) is 0 Å². The lowest BCUT2D eigenvalue weighted by Gasteiger charge is -2.32. The van der Waals surface area contributed by atoms with E-state index in [4.69, 9.17) is 9.47 Å². The Morgan fingerprint density at radius 3 is 2.09 bits per heavy atom. The minimum absolute atomic E-state index is 0.0507. The average molecular weight is 454 g/mol. The third-order valence-electron chi connectivity index (χ3n) is 6.15. The number of carbonyl (C=O) groups is 2. The molecule has 1 unspecified atom stereocenters. The number of hydrogen-bond acceptors (Lipinski definition) is 5. The SMILES string of the molecule is COc1ccc(CN2CCC(CNC(=O)CC(NC(C)=O)c3ccc(OC)cc3)CC2)cc1. The zero-order valence-electron chi connectivity index (χ0n) is 19.8. The van der Waals surface area contributed by atoms with Gasteiger partial charge in [-0.2, -0.15) is 0 Å². The molecule has 1 aliphatic heterocycles. The van der Waals surface area contributed by atoms with Gasteiger partial charge in [0.2, 0.25) is 11.8 Å². The first-order valence-electron chi connectivity index (χ1n) is 11.5. The number of likely N-dealkylation sites (tertiary alicyclic amines) is 1. The maximum Gasteiger partial charge on any atom is 0.222 e. The molecule has 1 fully saturated rings. The molecule has 0 radical (unpaired) electrons. The number of carbonyl (C=O) groups excluding carboxylic acids is 2. The van der Waals surface area contributed by atoms with E-state index in [2.05, 4.69) is 27.7 Å². The van der Waals surface area contributed by atoms with Gasteiger partial charge in [-0.1, -0.05) is 24.3 Å². The van der Waals surface area contributed by atoms with Crippen LogP contribution in [0.4, 0.5) is 0 Å². The van der Waals surface area contributed by atoms with Crippen molar-refractivity contribution >= 4 is 11.8 Å². The lowest BCUT2D eigenvalue weighted by molar-refractivity contribution is -0.123. The summed E-state index contributed by atoms with van der Waals surface area (Å²) in [4.78, 5) is 26.7. The van der Waals surface area contributed by atoms with Crippen LogP contribution in [0.1, 0.15) is 43.4 Å². The van der Waals surface area contributed by atoms with Gasteiger partial charge in [0.05, 0.1) is 26.7 Å². The average Bonchev–Trinajstić information content (AvgIpc) is 2.83. The Morgan fingerprint density at radius 1 is 0.970 bits per heavy atom. The summed E-state index contributed by atoms with van der Waals surface area (Å²) < 4.78 is 10.4. The summed E-state index contributed by atoms with van der Waals surface area (Å²) in [5, 5.41) is 5.96. The third kappa shape index (κ3) is 7.79. The minimum Gasteiger partial charge on any atom is -0.497 e. The maximum absolute atomic E-state index is 12.6. The number of amides is 2. The molecule has 2 N–H and O–H groups in total. The van der Waals surface area contributed by atoms with Crippen LogP contribution < -0.4 is 20.1 Å². The second-order valence-corrected chi connectivity index (χ2v) is 8.60. The number of hydrogen-bond donors (Lipinski definition) is 2. The lowest BCUT2D eigenvalue weighted by Crippen LogP contribution is -2.39. The molecule has 178 valence electrons. The van der Waals surface area contributed by atoms with Gasteiger partial charge >= 0.3 is 0 Å². The first-order chi connectivity index (χ1) is 16.0. The van der Waals surface area contributed by atoms with E-state index < -0.39 is 0 Å². The Balaban J connectivity index is 1.43. The fraction of sp³-hybridized carbons (Fsp3) is 0.462. The zero-order chi connectivity index (χ0) is 23.6. The van der Waals surface area contributed by atoms with Crippen LogP contribution >= 0.6 is 0 Å². The monoisotopic (exact) mass is 453 g/mol. The van der Waals surface area contributed by atoms with Gasteiger partial charge in [0, 0.05) is 20.0 Å². The molecule has 0 spiro atoms. The standard InChI is InChI=1S/C26H35N3O4/c1-19(30)28-25(22-6-10-24(33-3)11-7-22)16-26(31)27-17-20-12-14-29(15-13-20)18-21-4-8-23(32-2)9-5-21/h4-11,20,25H,12-18H2,1-3H3,(H,27,31)(H,28,30). The molecule has 0 saturated carbocycles. The molecule has 1 atom stereocenters. The Bertz CT molecular complexity index is 891. The van der Waals surface area contributed by atoms with Crippen molar-refractivity contribution in [3.8, 4) is 11.5 Å². The predicted molar refractivity (Wildman–Crippen MR) is 128 cm³/mol. The van der Waals surface area contributed by atoms with E-state index in [-0.39, 0.29) is 24.3 Å². The van der Waals surface area contributed by atoms with Crippen LogP contribution in [0.25, 0.3) is 0 Å². The normalized spacial score (nSPS) is 15.5. The van der Waals surface area contributed by atoms with Gasteiger partial charge in [0.1, 0.15) is 11.5 Å². The Kier molecular flexibility index (Phi) is 9.13. The Morgan fingerprint density at radius 2 is 1.55 bits per heavy atom. The molecule has 0 bridgehead atoms. The fourth-order valence-electron chi connectivity index (χ4n) is 4.19. The topological polar surface area (TPSA) is 79.9 Å². The second kappa shape index (κ2) is 12.3. The fourth-order valence-corrected chi connectivity index (χ4v) is 4.19. The molecule has 3 rings (SSSR count). The lowest BCUT2D eigenvalue weighted by atomic mass is 9.96. The summed E-state index contributed by atoms with van der Waals surface area (Å²) in [6, 6.07) is 15.3. The molecular weight excluding hydrogens is 418 g/mol. The smallest absolute Gasteiger partial charge is 0.222 e. The Hall–Kier alpha value is -3.06. The number of nitrogens with one attached hydrogen (secondary N) is 2. The predicted octanol–water partition coefficient (Wildman–Crippen LogP) is 3.30. The van der Waals surface area contributed by atoms with E-state index in [0.29, 0.717) is 12.5 Å². The highest BCUT2D eigenvalue weighted by Gasteiger charge is 2.21. The number of benzene rings is 2. The first kappa shape index (κ1) is 24.6. The van der Waals surface area contributed by atoms with Crippen molar-refractivity contribution in [2.75, 3.05) is 33.9 Å². The van der Waals surface area contributed by atoms with E-state index in [1.807, 2.05) is 36.4 Å². The van der Waals surface area contributed by atoms with Crippen molar-refractivity contribution in [3.05, 3.63) is 59.7 Å². The van der Waals surface area contributed by atoms with Gasteiger partial charge in [0.25, 0.3) is 0 Å². The largest absolute Gasteiger partial charge is 0.497 e. The summed E-state index contributed by atoms with van der Waals surface area (Å²) in [5.41, 5.74) is 2.16. The molecule has 2 aromatic carbocycles. The molecule has 7 heteroatoms. The van der Waals surface area contributed by atoms with Gasteiger partial charge in [-0.3, -0.25) is 14.5 Å². The number of methoxy groups -OCH3 is 2. The van der Waals surface area contributed by atoms with Crippen molar-refractivity contribution in [2.24, 2.45) is 5.92 Å². The van der Waals surface area contributed by atoms with Gasteiger partial charge in [-0.25, -0.2) is 0 Å². The van der Waals surface area contributed by atoms with E-state index in [9.17, 15) is 9.59 Å². The molecule has 0 aliphatic carbocycles. The van der Waals surface area contributed by atoms with Crippen molar-refractivity contribution < 1.29 is 19.1 Å². The summed E-state index contributed by atoms with van der Waals surface area (Å²) in [6.07, 6.45) is 2.33. The third-order valence-corrected chi connectivity index (χ3v) is 6.15. The highest BCUT2D eigenvalue weighted by atomic mass is 16.5. The summed E-state index contributed by atoms with van der Waals surface area (Å²) >= 11 is 0. The van der Waals surface area contributed by atoms with Crippen LogP contribution in [0.5, 0.6) is 11.5 Å². The quantitative estimate of drug-likeness (QED) is 0.577. The van der Waals surface area contributed by atoms with Gasteiger partial charge in [-0.05, 0) is 67.2 Å². The van der Waals surface area contributed by atoms with Crippen LogP contribution in [-0.2, 0) is 16.1 Å². The van der Waals surface area contributed by atoms with Gasteiger partial charge < -0.3 is 20.1 Å². The molecule has 2 amide bonds. The molecule has 1 aliphatic rings. The molecular formula is C26H35N3O4. The number of piperidine rings is 1. The summed E-state index contributed by atoms with van der Waals surface area (Å²) in [6.45, 7) is 5.11. The van der Waals surface area contributed by atoms with Crippen LogP contribution in [-0.4, -0.2) is 50.6 Å². The summed E-state index contributed by atoms with van der Waals surface area (Å²) in [5.74, 6) is 1.88. The minimum atomic E-state index is -0.361. The highest BCUT2D eigenvalue weighted by molar-refractivity contribution is 5.79. The van der Waals surface area contributed by atoms with Crippen LogP contribution in [0.3, 0.4) is 0 Å². The van der Waals surface area contributed by atoms with Gasteiger partial charge in [-0.15, -0.1) is 0 Å². The van der Waals surface area contributed by atoms with Crippen molar-refractivity contribution in [1.29, 1.82) is 0 Å². The van der Waals surface area contributed by atoms with Crippen molar-refractivity contribution in [3.63, 3.8) is 0 Å². The van der Waals surface area contributed by atoms with Crippen LogP contribution in [0, 0.1) is 5.92 Å². The number of ether oxygens (including phenoxy) is 2. The van der Waals surface area contributed by atoms with Crippen LogP contribution in [0.15, 0.2) is 48.5 Å². The number of nitrogens with zero attached hydrogens (tertiary/aromatic N) is 1. The van der Waals surface area contributed by atoms with Crippen molar-refractivity contribution in [2.45, 2.75) is 38.8 Å². The molecule has 0 aromatic heterocycles. The first-order valence-corrected chi connectivity index (χ1v) is 11.5.